The largest absolute Gasteiger partial charge is 0.456 e. The molecule has 4 rings (SSSR count). The molecule has 1 unspecified atom stereocenters. The quantitative estimate of drug-likeness (QED) is 0.365. The molecule has 9 heteroatoms. The summed E-state index contributed by atoms with van der Waals surface area (Å²) in [6.45, 7) is 0.0478. The Morgan fingerprint density at radius 1 is 1.09 bits per heavy atom. The van der Waals surface area contributed by atoms with E-state index in [0.717, 1.165) is 11.1 Å². The van der Waals surface area contributed by atoms with Crippen molar-refractivity contribution in [3.63, 3.8) is 0 Å². The van der Waals surface area contributed by atoms with Gasteiger partial charge in [0.2, 0.25) is 5.91 Å². The number of carbonyl (C=O) groups is 3. The average molecular weight is 491 g/mol. The topological polar surface area (TPSA) is 75.7 Å². The maximum atomic E-state index is 12.9. The summed E-state index contributed by atoms with van der Waals surface area (Å²) in [5, 5.41) is 3.02. The molecule has 0 aromatic heterocycles. The molecule has 2 aromatic rings. The Morgan fingerprint density at radius 2 is 1.81 bits per heavy atom. The molecule has 2 aliphatic heterocycles. The average Bonchev–Trinajstić information content (AvgIpc) is 2.81. The van der Waals surface area contributed by atoms with E-state index >= 15 is 0 Å². The third kappa shape index (κ3) is 4.80. The fourth-order valence-electron chi connectivity index (χ4n) is 3.58. The molecule has 2 heterocycles. The Kier molecular flexibility index (Phi) is 7.08. The van der Waals surface area contributed by atoms with Crippen molar-refractivity contribution in [1.29, 1.82) is 0 Å². The first-order chi connectivity index (χ1) is 15.5. The first-order valence-electron chi connectivity index (χ1n) is 9.95. The van der Waals surface area contributed by atoms with Crippen molar-refractivity contribution < 1.29 is 19.1 Å². The van der Waals surface area contributed by atoms with Crippen LogP contribution in [0, 0.1) is 0 Å². The van der Waals surface area contributed by atoms with Crippen LogP contribution in [0.4, 0.5) is 0 Å². The number of halogens is 2. The lowest BCUT2D eigenvalue weighted by atomic mass is 10.0. The van der Waals surface area contributed by atoms with Crippen LogP contribution in [-0.4, -0.2) is 45.7 Å². The number of nitrogens with one attached hydrogen (secondary N) is 1. The first kappa shape index (κ1) is 22.7. The van der Waals surface area contributed by atoms with Crippen LogP contribution in [0.1, 0.15) is 11.1 Å². The Balaban J connectivity index is 1.42. The number of alkyl halides is 1. The van der Waals surface area contributed by atoms with E-state index in [4.69, 9.17) is 27.9 Å². The molecule has 0 bridgehead atoms. The van der Waals surface area contributed by atoms with Gasteiger partial charge in [0.1, 0.15) is 23.7 Å². The minimum absolute atomic E-state index is 0.0478. The number of benzene rings is 2. The van der Waals surface area contributed by atoms with Gasteiger partial charge in [-0.05, 0) is 28.8 Å². The van der Waals surface area contributed by atoms with Crippen molar-refractivity contribution in [1.82, 2.24) is 10.2 Å². The van der Waals surface area contributed by atoms with Gasteiger partial charge in [-0.1, -0.05) is 54.1 Å². The molecule has 2 aromatic carbocycles. The van der Waals surface area contributed by atoms with E-state index in [1.807, 2.05) is 30.3 Å². The molecular weight excluding hydrogens is 471 g/mol. The Hall–Kier alpha value is -2.48. The lowest BCUT2D eigenvalue weighted by Gasteiger charge is -2.49. The number of β-lactam (4-membered cyclic amide) rings is 1. The maximum absolute atomic E-state index is 12.9. The Morgan fingerprint density at radius 3 is 2.50 bits per heavy atom. The van der Waals surface area contributed by atoms with Crippen molar-refractivity contribution in [2.24, 2.45) is 0 Å². The predicted molar refractivity (Wildman–Crippen MR) is 124 cm³/mol. The molecule has 1 fully saturated rings. The normalized spacial score (nSPS) is 19.8. The van der Waals surface area contributed by atoms with Crippen LogP contribution in [0.3, 0.4) is 0 Å². The van der Waals surface area contributed by atoms with Gasteiger partial charge in [-0.2, -0.15) is 0 Å². The van der Waals surface area contributed by atoms with Crippen molar-refractivity contribution in [2.75, 3.05) is 11.6 Å². The zero-order valence-electron chi connectivity index (χ0n) is 16.9. The Bertz CT molecular complexity index is 1060. The molecule has 2 atom stereocenters. The molecule has 166 valence electrons. The fourth-order valence-corrected chi connectivity index (χ4v) is 5.38. The monoisotopic (exact) mass is 490 g/mol. The summed E-state index contributed by atoms with van der Waals surface area (Å²) >= 11 is 13.4. The van der Waals surface area contributed by atoms with Gasteiger partial charge < -0.3 is 10.1 Å². The van der Waals surface area contributed by atoms with Crippen molar-refractivity contribution in [2.45, 2.75) is 24.4 Å². The van der Waals surface area contributed by atoms with E-state index in [0.29, 0.717) is 16.3 Å². The summed E-state index contributed by atoms with van der Waals surface area (Å²) < 4.78 is 5.45. The summed E-state index contributed by atoms with van der Waals surface area (Å²) in [5.41, 5.74) is 2.45. The van der Waals surface area contributed by atoms with E-state index in [-0.39, 0.29) is 41.8 Å². The molecule has 0 saturated carbocycles. The highest BCUT2D eigenvalue weighted by Crippen LogP contribution is 2.41. The zero-order valence-corrected chi connectivity index (χ0v) is 19.3. The van der Waals surface area contributed by atoms with Gasteiger partial charge in [-0.15, -0.1) is 23.4 Å². The maximum Gasteiger partial charge on any atom is 0.355 e. The van der Waals surface area contributed by atoms with Crippen LogP contribution in [-0.2, 0) is 32.1 Å². The summed E-state index contributed by atoms with van der Waals surface area (Å²) in [6, 6.07) is 15.6. The number of amides is 2. The number of hydrogen-bond donors (Lipinski definition) is 1. The molecule has 2 amide bonds. The van der Waals surface area contributed by atoms with Gasteiger partial charge in [-0.25, -0.2) is 4.79 Å². The molecule has 2 aliphatic rings. The molecule has 1 N–H and O–H groups in total. The van der Waals surface area contributed by atoms with Crippen LogP contribution in [0.2, 0.25) is 5.02 Å². The standard InChI is InChI=1S/C23H20Cl2N2O4S/c24-11-16-13-32-22-19(26-18(28)10-14-4-2-1-3-5-14)21(29)27(22)20(16)23(30)31-12-15-6-8-17(25)9-7-15/h1-9,19,22H,10-13H2,(H,26,28)/t19?,22-/m1/s1. The molecule has 0 aliphatic carbocycles. The van der Waals surface area contributed by atoms with Gasteiger partial charge in [0, 0.05) is 16.7 Å². The van der Waals surface area contributed by atoms with Crippen LogP contribution in [0.15, 0.2) is 65.9 Å². The number of ether oxygens (including phenoxy) is 1. The summed E-state index contributed by atoms with van der Waals surface area (Å²) in [5.74, 6) is -0.601. The molecule has 32 heavy (non-hydrogen) atoms. The van der Waals surface area contributed by atoms with Gasteiger partial charge in [0.15, 0.2) is 0 Å². The lowest BCUT2D eigenvalue weighted by molar-refractivity contribution is -0.153. The second-order valence-electron chi connectivity index (χ2n) is 7.41. The molecule has 0 spiro atoms. The van der Waals surface area contributed by atoms with E-state index in [2.05, 4.69) is 5.32 Å². The van der Waals surface area contributed by atoms with Crippen molar-refractivity contribution in [3.05, 3.63) is 82.0 Å². The second-order valence-corrected chi connectivity index (χ2v) is 9.21. The highest BCUT2D eigenvalue weighted by atomic mass is 35.5. The van der Waals surface area contributed by atoms with E-state index < -0.39 is 12.0 Å². The summed E-state index contributed by atoms with van der Waals surface area (Å²) in [7, 11) is 0. The highest BCUT2D eigenvalue weighted by Gasteiger charge is 2.54. The van der Waals surface area contributed by atoms with Crippen LogP contribution >= 0.6 is 35.0 Å². The van der Waals surface area contributed by atoms with E-state index in [1.165, 1.54) is 16.7 Å². The second kappa shape index (κ2) is 9.98. The van der Waals surface area contributed by atoms with Crippen molar-refractivity contribution in [3.8, 4) is 0 Å². The SMILES string of the molecule is O=C(Cc1ccccc1)NC1C(=O)N2C(C(=O)OCc3ccc(Cl)cc3)=C(CCl)CS[C@H]12. The number of rotatable bonds is 7. The molecule has 0 radical (unpaired) electrons. The fraction of sp³-hybridized carbons (Fsp3) is 0.261. The smallest absolute Gasteiger partial charge is 0.355 e. The first-order valence-corrected chi connectivity index (χ1v) is 11.9. The van der Waals surface area contributed by atoms with Gasteiger partial charge >= 0.3 is 5.97 Å². The van der Waals surface area contributed by atoms with Crippen molar-refractivity contribution >= 4 is 52.7 Å². The number of fused-ring (bicyclic) bond motifs is 1. The highest BCUT2D eigenvalue weighted by molar-refractivity contribution is 8.00. The lowest BCUT2D eigenvalue weighted by Crippen LogP contribution is -2.70. The van der Waals surface area contributed by atoms with E-state index in [9.17, 15) is 14.4 Å². The minimum Gasteiger partial charge on any atom is -0.456 e. The van der Waals surface area contributed by atoms with Gasteiger partial charge in [0.25, 0.3) is 5.91 Å². The predicted octanol–water partition coefficient (Wildman–Crippen LogP) is 3.52. The molecular formula is C23H20Cl2N2O4S. The van der Waals surface area contributed by atoms with E-state index in [1.54, 1.807) is 24.3 Å². The van der Waals surface area contributed by atoms with Crippen LogP contribution < -0.4 is 5.32 Å². The third-order valence-corrected chi connectivity index (χ3v) is 7.12. The van der Waals surface area contributed by atoms with Gasteiger partial charge in [0.05, 0.1) is 6.42 Å². The number of thioether (sulfide) groups is 1. The molecule has 1 saturated heterocycles. The van der Waals surface area contributed by atoms with Crippen LogP contribution in [0.5, 0.6) is 0 Å². The van der Waals surface area contributed by atoms with Crippen LogP contribution in [0.25, 0.3) is 0 Å². The third-order valence-electron chi connectivity index (χ3n) is 5.21. The number of esters is 1. The summed E-state index contributed by atoms with van der Waals surface area (Å²) in [4.78, 5) is 39.6. The minimum atomic E-state index is -0.688. The Labute approximate surface area is 199 Å². The summed E-state index contributed by atoms with van der Waals surface area (Å²) in [6.07, 6.45) is 0.181. The number of nitrogens with zero attached hydrogens (tertiary/aromatic N) is 1. The number of hydrogen-bond acceptors (Lipinski definition) is 5. The number of carbonyl (C=O) groups excluding carboxylic acids is 3. The molecule has 6 nitrogen and oxygen atoms in total. The zero-order chi connectivity index (χ0) is 22.7. The van der Waals surface area contributed by atoms with Gasteiger partial charge in [-0.3, -0.25) is 14.5 Å².